The second kappa shape index (κ2) is 6.09. The zero-order valence-electron chi connectivity index (χ0n) is 11.5. The minimum atomic E-state index is 0.205. The molecule has 0 spiro atoms. The van der Waals surface area contributed by atoms with E-state index >= 15 is 0 Å². The Morgan fingerprint density at radius 1 is 1.28 bits per heavy atom. The summed E-state index contributed by atoms with van der Waals surface area (Å²) >= 11 is 1.91. The molecule has 3 heteroatoms. The van der Waals surface area contributed by atoms with Crippen LogP contribution in [-0.4, -0.2) is 31.6 Å². The minimum absolute atomic E-state index is 0.205. The summed E-state index contributed by atoms with van der Waals surface area (Å²) in [6.07, 6.45) is 0. The smallest absolute Gasteiger partial charge is 0.0598 e. The van der Waals surface area contributed by atoms with Crippen molar-refractivity contribution in [2.24, 2.45) is 0 Å². The van der Waals surface area contributed by atoms with E-state index in [4.69, 9.17) is 4.74 Å². The summed E-state index contributed by atoms with van der Waals surface area (Å²) in [7, 11) is 0. The Hall–Kier alpha value is -0.510. The van der Waals surface area contributed by atoms with Crippen molar-refractivity contribution in [2.75, 3.05) is 26.3 Å². The lowest BCUT2D eigenvalue weighted by Gasteiger charge is -2.42. The summed E-state index contributed by atoms with van der Waals surface area (Å²) in [5, 5.41) is 4.09. The molecule has 0 atom stereocenters. The van der Waals surface area contributed by atoms with Gasteiger partial charge in [0, 0.05) is 16.7 Å². The van der Waals surface area contributed by atoms with Gasteiger partial charge in [0.1, 0.15) is 0 Å². The molecule has 2 nitrogen and oxygen atoms in total. The summed E-state index contributed by atoms with van der Waals surface area (Å²) in [6, 6.07) is 9.02. The first-order valence-corrected chi connectivity index (χ1v) is 7.60. The lowest BCUT2D eigenvalue weighted by molar-refractivity contribution is -0.0588. The van der Waals surface area contributed by atoms with Crippen molar-refractivity contribution in [2.45, 2.75) is 36.3 Å². The number of hydrogen-bond donors (Lipinski definition) is 1. The van der Waals surface area contributed by atoms with Crippen LogP contribution in [0.15, 0.2) is 29.2 Å². The zero-order chi connectivity index (χ0) is 13.0. The van der Waals surface area contributed by atoms with E-state index in [2.05, 4.69) is 50.4 Å². The van der Waals surface area contributed by atoms with Crippen LogP contribution in [0.1, 0.15) is 26.3 Å². The van der Waals surface area contributed by atoms with Crippen molar-refractivity contribution < 1.29 is 4.74 Å². The van der Waals surface area contributed by atoms with Gasteiger partial charge in [0.15, 0.2) is 0 Å². The first-order chi connectivity index (χ1) is 8.66. The van der Waals surface area contributed by atoms with Crippen molar-refractivity contribution in [1.29, 1.82) is 0 Å². The van der Waals surface area contributed by atoms with Crippen molar-refractivity contribution in [3.8, 4) is 0 Å². The molecule has 0 bridgehead atoms. The van der Waals surface area contributed by atoms with Crippen LogP contribution in [0, 0.1) is 0 Å². The van der Waals surface area contributed by atoms with Crippen LogP contribution < -0.4 is 5.32 Å². The van der Waals surface area contributed by atoms with Gasteiger partial charge in [-0.2, -0.15) is 0 Å². The van der Waals surface area contributed by atoms with Gasteiger partial charge in [0.2, 0.25) is 0 Å². The van der Waals surface area contributed by atoms with E-state index in [1.165, 1.54) is 10.5 Å². The molecule has 2 rings (SSSR count). The fourth-order valence-electron chi connectivity index (χ4n) is 2.24. The number of rotatable bonds is 6. The first-order valence-electron chi connectivity index (χ1n) is 6.72. The SMILES string of the molecule is CCNCC1(c2ccc(SC(C)C)cc2)COC1. The number of benzene rings is 1. The Labute approximate surface area is 114 Å². The average molecular weight is 265 g/mol. The van der Waals surface area contributed by atoms with Gasteiger partial charge in [0.05, 0.1) is 18.6 Å². The van der Waals surface area contributed by atoms with Gasteiger partial charge in [-0.05, 0) is 24.2 Å². The van der Waals surface area contributed by atoms with Crippen LogP contribution in [0.2, 0.25) is 0 Å². The van der Waals surface area contributed by atoms with E-state index in [-0.39, 0.29) is 5.41 Å². The van der Waals surface area contributed by atoms with Crippen LogP contribution in [-0.2, 0) is 10.2 Å². The average Bonchev–Trinajstić information content (AvgIpc) is 2.29. The second-order valence-electron chi connectivity index (χ2n) is 5.24. The largest absolute Gasteiger partial charge is 0.379 e. The zero-order valence-corrected chi connectivity index (χ0v) is 12.3. The maximum Gasteiger partial charge on any atom is 0.0598 e. The Kier molecular flexibility index (Phi) is 4.71. The quantitative estimate of drug-likeness (QED) is 0.799. The molecular formula is C15H23NOS. The normalized spacial score (nSPS) is 17.8. The van der Waals surface area contributed by atoms with Gasteiger partial charge in [0.25, 0.3) is 0 Å². The molecule has 1 aliphatic heterocycles. The van der Waals surface area contributed by atoms with Gasteiger partial charge in [-0.15, -0.1) is 11.8 Å². The molecule has 1 heterocycles. The maximum atomic E-state index is 5.44. The molecule has 100 valence electrons. The standard InChI is InChI=1S/C15H23NOS/c1-4-16-9-15(10-17-11-15)13-5-7-14(8-6-13)18-12(2)3/h5-8,12,16H,4,9-11H2,1-3H3. The fourth-order valence-corrected chi connectivity index (χ4v) is 3.08. The van der Waals surface area contributed by atoms with Crippen molar-refractivity contribution in [1.82, 2.24) is 5.32 Å². The summed E-state index contributed by atoms with van der Waals surface area (Å²) in [5.74, 6) is 0. The molecule has 1 aromatic rings. The van der Waals surface area contributed by atoms with Crippen LogP contribution >= 0.6 is 11.8 Å². The predicted molar refractivity (Wildman–Crippen MR) is 78.5 cm³/mol. The van der Waals surface area contributed by atoms with Gasteiger partial charge >= 0.3 is 0 Å². The summed E-state index contributed by atoms with van der Waals surface area (Å²) < 4.78 is 5.44. The number of ether oxygens (including phenoxy) is 1. The van der Waals surface area contributed by atoms with Crippen LogP contribution in [0.3, 0.4) is 0 Å². The minimum Gasteiger partial charge on any atom is -0.379 e. The molecule has 0 unspecified atom stereocenters. The van der Waals surface area contributed by atoms with Crippen molar-refractivity contribution in [3.63, 3.8) is 0 Å². The topological polar surface area (TPSA) is 21.3 Å². The number of likely N-dealkylation sites (N-methyl/N-ethyl adjacent to an activating group) is 1. The van der Waals surface area contributed by atoms with E-state index in [1.54, 1.807) is 0 Å². The Morgan fingerprint density at radius 3 is 2.39 bits per heavy atom. The van der Waals surface area contributed by atoms with Gasteiger partial charge in [-0.3, -0.25) is 0 Å². The number of hydrogen-bond acceptors (Lipinski definition) is 3. The van der Waals surface area contributed by atoms with E-state index in [0.717, 1.165) is 26.3 Å². The Bertz CT molecular complexity index is 371. The van der Waals surface area contributed by atoms with Gasteiger partial charge < -0.3 is 10.1 Å². The summed E-state index contributed by atoms with van der Waals surface area (Å²) in [4.78, 5) is 1.35. The van der Waals surface area contributed by atoms with Crippen molar-refractivity contribution >= 4 is 11.8 Å². The molecular weight excluding hydrogens is 242 g/mol. The van der Waals surface area contributed by atoms with E-state index in [1.807, 2.05) is 11.8 Å². The van der Waals surface area contributed by atoms with Crippen LogP contribution in [0.25, 0.3) is 0 Å². The molecule has 1 aliphatic rings. The lowest BCUT2D eigenvalue weighted by atomic mass is 9.78. The first kappa shape index (κ1) is 13.9. The predicted octanol–water partition coefficient (Wildman–Crippen LogP) is 3.06. The highest BCUT2D eigenvalue weighted by Crippen LogP contribution is 2.33. The van der Waals surface area contributed by atoms with Gasteiger partial charge in [-0.25, -0.2) is 0 Å². The molecule has 1 N–H and O–H groups in total. The molecule has 1 aromatic carbocycles. The third kappa shape index (κ3) is 3.08. The molecule has 0 saturated carbocycles. The maximum absolute atomic E-state index is 5.44. The Balaban J connectivity index is 2.07. The second-order valence-corrected chi connectivity index (χ2v) is 6.89. The third-order valence-electron chi connectivity index (χ3n) is 3.31. The van der Waals surface area contributed by atoms with E-state index < -0.39 is 0 Å². The number of nitrogens with one attached hydrogen (secondary N) is 1. The van der Waals surface area contributed by atoms with Crippen LogP contribution in [0.4, 0.5) is 0 Å². The van der Waals surface area contributed by atoms with E-state index in [9.17, 15) is 0 Å². The Morgan fingerprint density at radius 2 is 1.94 bits per heavy atom. The summed E-state index contributed by atoms with van der Waals surface area (Å²) in [5.41, 5.74) is 1.61. The van der Waals surface area contributed by atoms with Gasteiger partial charge in [-0.1, -0.05) is 32.9 Å². The molecule has 0 aliphatic carbocycles. The highest BCUT2D eigenvalue weighted by atomic mass is 32.2. The third-order valence-corrected chi connectivity index (χ3v) is 4.32. The highest BCUT2D eigenvalue weighted by molar-refractivity contribution is 7.99. The highest BCUT2D eigenvalue weighted by Gasteiger charge is 2.39. The molecule has 0 radical (unpaired) electrons. The molecule has 0 amide bonds. The molecule has 18 heavy (non-hydrogen) atoms. The molecule has 1 fully saturated rings. The number of thioether (sulfide) groups is 1. The lowest BCUT2D eigenvalue weighted by Crippen LogP contribution is -2.53. The van der Waals surface area contributed by atoms with Crippen molar-refractivity contribution in [3.05, 3.63) is 29.8 Å². The molecule has 0 aromatic heterocycles. The monoisotopic (exact) mass is 265 g/mol. The fraction of sp³-hybridized carbons (Fsp3) is 0.600. The van der Waals surface area contributed by atoms with Crippen LogP contribution in [0.5, 0.6) is 0 Å². The molecule has 1 saturated heterocycles. The van der Waals surface area contributed by atoms with E-state index in [0.29, 0.717) is 5.25 Å². The summed E-state index contributed by atoms with van der Waals surface area (Å²) in [6.45, 7) is 10.3.